The van der Waals surface area contributed by atoms with Gasteiger partial charge in [-0.15, -0.1) is 0 Å². The second kappa shape index (κ2) is 9.04. The third kappa shape index (κ3) is 11.1. The third-order valence-electron chi connectivity index (χ3n) is 2.99. The first-order valence-electron chi connectivity index (χ1n) is 8.02. The number of hydrogen-bond donors (Lipinski definition) is 1. The van der Waals surface area contributed by atoms with Crippen LogP contribution in [-0.2, 0) is 4.79 Å². The molecule has 4 heteroatoms. The normalized spacial score (nSPS) is 14.1. The van der Waals surface area contributed by atoms with E-state index in [1.54, 1.807) is 0 Å². The molecule has 0 aromatic carbocycles. The first kappa shape index (κ1) is 20.8. The molecule has 0 spiro atoms. The molecule has 1 amide bonds. The van der Waals surface area contributed by atoms with Crippen molar-refractivity contribution in [1.82, 2.24) is 10.2 Å². The van der Waals surface area contributed by atoms with Crippen LogP contribution in [-0.4, -0.2) is 48.5 Å². The van der Waals surface area contributed by atoms with Crippen LogP contribution in [0.15, 0.2) is 0 Å². The van der Waals surface area contributed by atoms with Crippen LogP contribution in [0.2, 0.25) is 0 Å². The molecule has 0 aliphatic rings. The van der Waals surface area contributed by atoms with E-state index in [-0.39, 0.29) is 11.3 Å². The van der Waals surface area contributed by atoms with E-state index >= 15 is 0 Å². The first-order valence-corrected chi connectivity index (χ1v) is 9.07. The summed E-state index contributed by atoms with van der Waals surface area (Å²) in [4.78, 5) is 14.5. The molecule has 0 aliphatic heterocycles. The predicted molar refractivity (Wildman–Crippen MR) is 96.0 cm³/mol. The van der Waals surface area contributed by atoms with Gasteiger partial charge in [0, 0.05) is 31.3 Å². The lowest BCUT2D eigenvalue weighted by molar-refractivity contribution is -0.132. The molecule has 0 aromatic heterocycles. The fourth-order valence-electron chi connectivity index (χ4n) is 2.06. The molecule has 21 heavy (non-hydrogen) atoms. The van der Waals surface area contributed by atoms with Crippen LogP contribution in [0.4, 0.5) is 0 Å². The maximum Gasteiger partial charge on any atom is 0.223 e. The quantitative estimate of drug-likeness (QED) is 0.742. The van der Waals surface area contributed by atoms with E-state index in [1.165, 1.54) is 0 Å². The minimum absolute atomic E-state index is 0.155. The van der Waals surface area contributed by atoms with Gasteiger partial charge in [-0.05, 0) is 30.6 Å². The summed E-state index contributed by atoms with van der Waals surface area (Å²) in [5.41, 5.74) is 0.457. The lowest BCUT2D eigenvalue weighted by Crippen LogP contribution is -2.40. The van der Waals surface area contributed by atoms with Gasteiger partial charge in [-0.3, -0.25) is 4.79 Å². The molecule has 0 saturated heterocycles. The fourth-order valence-corrected chi connectivity index (χ4v) is 3.34. The summed E-state index contributed by atoms with van der Waals surface area (Å²) in [5, 5.41) is 3.58. The summed E-state index contributed by atoms with van der Waals surface area (Å²) in [6.07, 6.45) is 0.630. The molecule has 0 bridgehead atoms. The predicted octanol–water partition coefficient (Wildman–Crippen LogP) is 3.64. The van der Waals surface area contributed by atoms with Gasteiger partial charge < -0.3 is 10.2 Å². The van der Waals surface area contributed by atoms with Gasteiger partial charge in [0.2, 0.25) is 5.91 Å². The minimum atomic E-state index is 0.155. The molecule has 0 radical (unpaired) electrons. The lowest BCUT2D eigenvalue weighted by Gasteiger charge is -2.31. The number of nitrogens with one attached hydrogen (secondary N) is 1. The van der Waals surface area contributed by atoms with Crippen LogP contribution in [0.3, 0.4) is 0 Å². The van der Waals surface area contributed by atoms with Crippen molar-refractivity contribution < 1.29 is 4.79 Å². The van der Waals surface area contributed by atoms with Gasteiger partial charge in [-0.1, -0.05) is 41.5 Å². The van der Waals surface area contributed by atoms with Crippen molar-refractivity contribution in [3.05, 3.63) is 0 Å². The van der Waals surface area contributed by atoms with E-state index in [0.29, 0.717) is 17.1 Å². The molecule has 126 valence electrons. The first-order chi connectivity index (χ1) is 9.48. The van der Waals surface area contributed by atoms with Crippen molar-refractivity contribution in [1.29, 1.82) is 0 Å². The van der Waals surface area contributed by atoms with Gasteiger partial charge in [-0.2, -0.15) is 11.8 Å². The Morgan fingerprint density at radius 3 is 2.10 bits per heavy atom. The number of carbonyl (C=O) groups excluding carboxylic acids is 1. The van der Waals surface area contributed by atoms with Gasteiger partial charge in [0.15, 0.2) is 0 Å². The molecule has 1 unspecified atom stereocenters. The lowest BCUT2D eigenvalue weighted by atomic mass is 9.96. The van der Waals surface area contributed by atoms with Crippen molar-refractivity contribution in [3.8, 4) is 0 Å². The summed E-state index contributed by atoms with van der Waals surface area (Å²) in [7, 11) is 1.96. The summed E-state index contributed by atoms with van der Waals surface area (Å²) in [6.45, 7) is 17.9. The Kier molecular flexibility index (Phi) is 8.94. The van der Waals surface area contributed by atoms with Gasteiger partial charge in [-0.25, -0.2) is 0 Å². The van der Waals surface area contributed by atoms with Crippen molar-refractivity contribution in [2.45, 2.75) is 60.1 Å². The molecular formula is C17H36N2OS. The van der Waals surface area contributed by atoms with Crippen molar-refractivity contribution in [2.24, 2.45) is 10.8 Å². The highest BCUT2D eigenvalue weighted by molar-refractivity contribution is 8.00. The van der Waals surface area contributed by atoms with Crippen molar-refractivity contribution >= 4 is 17.7 Å². The number of nitrogens with zero attached hydrogens (tertiary/aromatic N) is 1. The highest BCUT2D eigenvalue weighted by atomic mass is 32.2. The largest absolute Gasteiger partial charge is 0.342 e. The summed E-state index contributed by atoms with van der Waals surface area (Å²) < 4.78 is 0. The van der Waals surface area contributed by atoms with E-state index in [9.17, 15) is 4.79 Å². The van der Waals surface area contributed by atoms with Crippen LogP contribution in [0.25, 0.3) is 0 Å². The molecule has 0 heterocycles. The molecule has 0 aliphatic carbocycles. The SMILES string of the molecule is CCN(CC(C)(C)C)C(=O)CC(CNC)SCC(C)(C)C. The van der Waals surface area contributed by atoms with Gasteiger partial charge in [0.25, 0.3) is 0 Å². The highest BCUT2D eigenvalue weighted by Gasteiger charge is 2.23. The molecule has 0 aromatic rings. The summed E-state index contributed by atoms with van der Waals surface area (Å²) >= 11 is 1.92. The second-order valence-electron chi connectivity index (χ2n) is 8.22. The standard InChI is InChI=1S/C17H36N2OS/c1-9-19(12-16(2,3)4)15(20)10-14(11-18-8)21-13-17(5,6)7/h14,18H,9-13H2,1-8H3. The molecule has 0 rings (SSSR count). The molecule has 1 N–H and O–H groups in total. The van der Waals surface area contributed by atoms with E-state index in [1.807, 2.05) is 23.7 Å². The fraction of sp³-hybridized carbons (Fsp3) is 0.941. The summed E-state index contributed by atoms with van der Waals surface area (Å²) in [6, 6.07) is 0. The Bertz CT molecular complexity index is 305. The Balaban J connectivity index is 4.56. The van der Waals surface area contributed by atoms with Crippen molar-refractivity contribution in [2.75, 3.05) is 32.4 Å². The van der Waals surface area contributed by atoms with Gasteiger partial charge >= 0.3 is 0 Å². The van der Waals surface area contributed by atoms with E-state index in [4.69, 9.17) is 0 Å². The molecule has 3 nitrogen and oxygen atoms in total. The van der Waals surface area contributed by atoms with E-state index in [2.05, 4.69) is 53.8 Å². The van der Waals surface area contributed by atoms with Gasteiger partial charge in [0.1, 0.15) is 0 Å². The maximum absolute atomic E-state index is 12.5. The van der Waals surface area contributed by atoms with Crippen LogP contribution in [0.5, 0.6) is 0 Å². The Morgan fingerprint density at radius 2 is 1.71 bits per heavy atom. The molecular weight excluding hydrogens is 280 g/mol. The minimum Gasteiger partial charge on any atom is -0.342 e. The number of thioether (sulfide) groups is 1. The van der Waals surface area contributed by atoms with Crippen LogP contribution < -0.4 is 5.32 Å². The smallest absolute Gasteiger partial charge is 0.223 e. The Hall–Kier alpha value is -0.220. The topological polar surface area (TPSA) is 32.3 Å². The van der Waals surface area contributed by atoms with Gasteiger partial charge in [0.05, 0.1) is 0 Å². The highest BCUT2D eigenvalue weighted by Crippen LogP contribution is 2.26. The van der Waals surface area contributed by atoms with Crippen molar-refractivity contribution in [3.63, 3.8) is 0 Å². The number of carbonyl (C=O) groups is 1. The van der Waals surface area contributed by atoms with Crippen LogP contribution >= 0.6 is 11.8 Å². The number of amides is 1. The average molecular weight is 317 g/mol. The average Bonchev–Trinajstić information content (AvgIpc) is 2.31. The molecule has 0 fully saturated rings. The zero-order valence-corrected chi connectivity index (χ0v) is 16.2. The third-order valence-corrected chi connectivity index (χ3v) is 4.82. The summed E-state index contributed by atoms with van der Waals surface area (Å²) in [5.74, 6) is 1.37. The number of rotatable bonds is 8. The van der Waals surface area contributed by atoms with E-state index < -0.39 is 0 Å². The second-order valence-corrected chi connectivity index (χ2v) is 9.51. The Labute approximate surface area is 136 Å². The maximum atomic E-state index is 12.5. The van der Waals surface area contributed by atoms with Crippen LogP contribution in [0, 0.1) is 10.8 Å². The Morgan fingerprint density at radius 1 is 1.14 bits per heavy atom. The molecule has 0 saturated carbocycles. The molecule has 1 atom stereocenters. The van der Waals surface area contributed by atoms with E-state index in [0.717, 1.165) is 25.4 Å². The van der Waals surface area contributed by atoms with Crippen LogP contribution in [0.1, 0.15) is 54.9 Å². The zero-order chi connectivity index (χ0) is 16.7. The zero-order valence-electron chi connectivity index (χ0n) is 15.4. The number of hydrogen-bond acceptors (Lipinski definition) is 3. The monoisotopic (exact) mass is 316 g/mol.